The van der Waals surface area contributed by atoms with Gasteiger partial charge < -0.3 is 5.32 Å². The Morgan fingerprint density at radius 3 is 2.50 bits per heavy atom. The predicted molar refractivity (Wildman–Crippen MR) is 64.2 cm³/mol. The van der Waals surface area contributed by atoms with E-state index in [1.54, 1.807) is 0 Å². The molecule has 3 heteroatoms. The Hall–Kier alpha value is -0.460. The normalized spacial score (nSPS) is 11.7. The summed E-state index contributed by atoms with van der Waals surface area (Å²) in [6.45, 7) is 7.31. The lowest BCUT2D eigenvalue weighted by Crippen LogP contribution is -2.35. The summed E-state index contributed by atoms with van der Waals surface area (Å²) in [6, 6.07) is 6.17. The van der Waals surface area contributed by atoms with E-state index in [9.17, 15) is 0 Å². The van der Waals surface area contributed by atoms with Crippen LogP contribution < -0.4 is 5.32 Å². The van der Waals surface area contributed by atoms with Crippen LogP contribution in [0.1, 0.15) is 32.2 Å². The Bertz CT molecular complexity index is 292. The molecule has 14 heavy (non-hydrogen) atoms. The largest absolute Gasteiger partial charge is 0.306 e. The monoisotopic (exact) mass is 210 g/mol. The molecule has 1 aromatic rings. The fraction of sp³-hybridized carbons (Fsp3) is 0.545. The van der Waals surface area contributed by atoms with E-state index < -0.39 is 0 Å². The molecule has 0 amide bonds. The van der Waals surface area contributed by atoms with Crippen LogP contribution in [0.15, 0.2) is 18.2 Å². The van der Waals surface area contributed by atoms with Gasteiger partial charge in [0.2, 0.25) is 0 Å². The molecule has 1 rings (SSSR count). The minimum atomic E-state index is 0.151. The number of aromatic nitrogens is 1. The highest BCUT2D eigenvalue weighted by atomic mass is 31.0. The van der Waals surface area contributed by atoms with Crippen molar-refractivity contribution in [2.24, 2.45) is 0 Å². The van der Waals surface area contributed by atoms with Gasteiger partial charge in [0.25, 0.3) is 0 Å². The van der Waals surface area contributed by atoms with Crippen LogP contribution in [0.5, 0.6) is 0 Å². The zero-order chi connectivity index (χ0) is 10.6. The van der Waals surface area contributed by atoms with Crippen LogP contribution in [0.2, 0.25) is 0 Å². The molecule has 0 aliphatic heterocycles. The summed E-state index contributed by atoms with van der Waals surface area (Å²) in [4.78, 5) is 4.51. The zero-order valence-electron chi connectivity index (χ0n) is 9.17. The van der Waals surface area contributed by atoms with Crippen LogP contribution in [0.3, 0.4) is 0 Å². The average Bonchev–Trinajstić information content (AvgIpc) is 2.14. The first-order valence-electron chi connectivity index (χ1n) is 4.91. The number of hydrogen-bond donors (Lipinski definition) is 1. The SMILES string of the molecule is CC(C)(C)NCc1cccc(CP)n1. The lowest BCUT2D eigenvalue weighted by Gasteiger charge is -2.20. The third kappa shape index (κ3) is 4.17. The molecular weight excluding hydrogens is 191 g/mol. The quantitative estimate of drug-likeness (QED) is 0.774. The summed E-state index contributed by atoms with van der Waals surface area (Å²) in [5, 5.41) is 3.42. The standard InChI is InChI=1S/C11H19N2P/c1-11(2,3)12-7-9-5-4-6-10(8-14)13-9/h4-6,12H,7-8,14H2,1-3H3. The number of hydrogen-bond acceptors (Lipinski definition) is 2. The van der Waals surface area contributed by atoms with E-state index in [4.69, 9.17) is 0 Å². The fourth-order valence-electron chi connectivity index (χ4n) is 1.10. The van der Waals surface area contributed by atoms with Gasteiger partial charge >= 0.3 is 0 Å². The summed E-state index contributed by atoms with van der Waals surface area (Å²) < 4.78 is 0. The fourth-order valence-corrected chi connectivity index (χ4v) is 1.32. The van der Waals surface area contributed by atoms with Crippen molar-refractivity contribution in [1.82, 2.24) is 10.3 Å². The molecule has 0 radical (unpaired) electrons. The Balaban J connectivity index is 2.59. The van der Waals surface area contributed by atoms with Gasteiger partial charge in [-0.2, -0.15) is 0 Å². The molecule has 0 fully saturated rings. The average molecular weight is 210 g/mol. The van der Waals surface area contributed by atoms with E-state index in [0.29, 0.717) is 0 Å². The Kier molecular flexibility index (Phi) is 4.03. The van der Waals surface area contributed by atoms with E-state index in [0.717, 1.165) is 24.1 Å². The maximum absolute atomic E-state index is 4.51. The van der Waals surface area contributed by atoms with Crippen molar-refractivity contribution in [3.8, 4) is 0 Å². The summed E-state index contributed by atoms with van der Waals surface area (Å²) in [5.41, 5.74) is 2.39. The van der Waals surface area contributed by atoms with Crippen molar-refractivity contribution < 1.29 is 0 Å². The van der Waals surface area contributed by atoms with Gasteiger partial charge in [-0.3, -0.25) is 4.98 Å². The van der Waals surface area contributed by atoms with Gasteiger partial charge in [0.15, 0.2) is 0 Å². The number of pyridine rings is 1. The molecule has 0 spiro atoms. The van der Waals surface area contributed by atoms with Gasteiger partial charge in [0.05, 0.1) is 5.69 Å². The predicted octanol–water partition coefficient (Wildman–Crippen LogP) is 2.34. The molecule has 2 nitrogen and oxygen atoms in total. The smallest absolute Gasteiger partial charge is 0.0545 e. The second-order valence-electron chi connectivity index (χ2n) is 4.43. The second-order valence-corrected chi connectivity index (χ2v) is 4.84. The number of nitrogens with zero attached hydrogens (tertiary/aromatic N) is 1. The molecule has 1 N–H and O–H groups in total. The van der Waals surface area contributed by atoms with Crippen LogP contribution >= 0.6 is 9.24 Å². The molecule has 1 aromatic heterocycles. The summed E-state index contributed by atoms with van der Waals surface area (Å²) in [6.07, 6.45) is 0.920. The van der Waals surface area contributed by atoms with Gasteiger partial charge in [0.1, 0.15) is 0 Å². The Morgan fingerprint density at radius 2 is 1.93 bits per heavy atom. The Labute approximate surface area is 88.7 Å². The lowest BCUT2D eigenvalue weighted by molar-refractivity contribution is 0.421. The van der Waals surface area contributed by atoms with Crippen molar-refractivity contribution in [3.05, 3.63) is 29.6 Å². The molecule has 0 bridgehead atoms. The van der Waals surface area contributed by atoms with Crippen molar-refractivity contribution in [1.29, 1.82) is 0 Å². The second kappa shape index (κ2) is 4.86. The van der Waals surface area contributed by atoms with Crippen LogP contribution in [-0.2, 0) is 12.7 Å². The molecule has 78 valence electrons. The maximum Gasteiger partial charge on any atom is 0.0545 e. The van der Waals surface area contributed by atoms with Crippen molar-refractivity contribution >= 4 is 9.24 Å². The van der Waals surface area contributed by atoms with E-state index in [1.165, 1.54) is 0 Å². The minimum absolute atomic E-state index is 0.151. The highest BCUT2D eigenvalue weighted by Crippen LogP contribution is 2.06. The molecule has 0 saturated heterocycles. The van der Waals surface area contributed by atoms with E-state index in [2.05, 4.69) is 52.4 Å². The van der Waals surface area contributed by atoms with Gasteiger partial charge in [-0.15, -0.1) is 9.24 Å². The molecule has 0 saturated carbocycles. The van der Waals surface area contributed by atoms with Gasteiger partial charge in [-0.1, -0.05) is 6.07 Å². The third-order valence-corrected chi connectivity index (χ3v) is 2.29. The van der Waals surface area contributed by atoms with Crippen molar-refractivity contribution in [3.63, 3.8) is 0 Å². The highest BCUT2D eigenvalue weighted by molar-refractivity contribution is 7.15. The molecule has 1 atom stereocenters. The van der Waals surface area contributed by atoms with Crippen LogP contribution in [-0.4, -0.2) is 10.5 Å². The summed E-state index contributed by atoms with van der Waals surface area (Å²) in [7, 11) is 2.69. The molecule has 0 aliphatic rings. The minimum Gasteiger partial charge on any atom is -0.306 e. The summed E-state index contributed by atoms with van der Waals surface area (Å²) >= 11 is 0. The van der Waals surface area contributed by atoms with E-state index in [1.807, 2.05) is 6.07 Å². The van der Waals surface area contributed by atoms with E-state index in [-0.39, 0.29) is 5.54 Å². The molecular formula is C11H19N2P. The molecule has 1 heterocycles. The van der Waals surface area contributed by atoms with E-state index >= 15 is 0 Å². The molecule has 1 unspecified atom stereocenters. The van der Waals surface area contributed by atoms with Crippen molar-refractivity contribution in [2.75, 3.05) is 0 Å². The van der Waals surface area contributed by atoms with Gasteiger partial charge in [-0.25, -0.2) is 0 Å². The Morgan fingerprint density at radius 1 is 1.29 bits per heavy atom. The maximum atomic E-state index is 4.51. The lowest BCUT2D eigenvalue weighted by atomic mass is 10.1. The van der Waals surface area contributed by atoms with Crippen molar-refractivity contribution in [2.45, 2.75) is 39.0 Å². The van der Waals surface area contributed by atoms with Gasteiger partial charge in [0, 0.05) is 23.9 Å². The number of nitrogens with one attached hydrogen (secondary N) is 1. The molecule has 0 aliphatic carbocycles. The summed E-state index contributed by atoms with van der Waals surface area (Å²) in [5.74, 6) is 0. The first kappa shape index (κ1) is 11.6. The van der Waals surface area contributed by atoms with Crippen LogP contribution in [0, 0.1) is 0 Å². The first-order valence-corrected chi connectivity index (χ1v) is 5.73. The first-order chi connectivity index (χ1) is 6.51. The molecule has 0 aromatic carbocycles. The highest BCUT2D eigenvalue weighted by Gasteiger charge is 2.08. The van der Waals surface area contributed by atoms with Crippen LogP contribution in [0.25, 0.3) is 0 Å². The van der Waals surface area contributed by atoms with Gasteiger partial charge in [-0.05, 0) is 32.9 Å². The third-order valence-electron chi connectivity index (χ3n) is 1.87. The van der Waals surface area contributed by atoms with Crippen LogP contribution in [0.4, 0.5) is 0 Å². The number of rotatable bonds is 3. The zero-order valence-corrected chi connectivity index (χ0v) is 10.3. The topological polar surface area (TPSA) is 24.9 Å².